The molecule has 2 saturated heterocycles. The number of piperidine rings is 1. The van der Waals surface area contributed by atoms with E-state index in [4.69, 9.17) is 0 Å². The standard InChI is InChI=1S/C16H18N8/c1-5-23(13-7-17-3-4-18-13)8-12-11(1)2-6-24(12)16-14-15(20-9-19-14)21-10-22-16/h3-4,7,9-12H,1-2,5-6,8H2,(H,19,20,21,22). The maximum absolute atomic E-state index is 4.55. The fourth-order valence-corrected chi connectivity index (χ4v) is 4.04. The third kappa shape index (κ3) is 2.10. The van der Waals surface area contributed by atoms with Crippen LogP contribution in [0.15, 0.2) is 31.2 Å². The number of imidazole rings is 1. The molecule has 2 fully saturated rings. The van der Waals surface area contributed by atoms with Crippen molar-refractivity contribution < 1.29 is 0 Å². The third-order valence-corrected chi connectivity index (χ3v) is 5.21. The van der Waals surface area contributed by atoms with Gasteiger partial charge in [0.1, 0.15) is 17.7 Å². The van der Waals surface area contributed by atoms with E-state index in [1.165, 1.54) is 12.8 Å². The highest BCUT2D eigenvalue weighted by atomic mass is 15.3. The van der Waals surface area contributed by atoms with Gasteiger partial charge in [-0.05, 0) is 18.8 Å². The number of hydrogen-bond donors (Lipinski definition) is 1. The van der Waals surface area contributed by atoms with Gasteiger partial charge in [0.15, 0.2) is 11.5 Å². The summed E-state index contributed by atoms with van der Waals surface area (Å²) in [5.41, 5.74) is 1.65. The molecule has 0 spiro atoms. The van der Waals surface area contributed by atoms with Crippen LogP contribution in [0.5, 0.6) is 0 Å². The molecule has 24 heavy (non-hydrogen) atoms. The zero-order chi connectivity index (χ0) is 15.9. The van der Waals surface area contributed by atoms with E-state index in [0.29, 0.717) is 12.0 Å². The van der Waals surface area contributed by atoms with Crippen molar-refractivity contribution in [1.29, 1.82) is 0 Å². The molecule has 3 aromatic rings. The highest BCUT2D eigenvalue weighted by Crippen LogP contribution is 2.36. The van der Waals surface area contributed by atoms with Crippen LogP contribution >= 0.6 is 0 Å². The number of anilines is 2. The van der Waals surface area contributed by atoms with E-state index in [9.17, 15) is 0 Å². The third-order valence-electron chi connectivity index (χ3n) is 5.21. The first kappa shape index (κ1) is 13.6. The number of rotatable bonds is 2. The summed E-state index contributed by atoms with van der Waals surface area (Å²) in [5.74, 6) is 2.62. The van der Waals surface area contributed by atoms with Crippen molar-refractivity contribution in [2.45, 2.75) is 18.9 Å². The molecule has 0 aromatic carbocycles. The second-order valence-corrected chi connectivity index (χ2v) is 6.41. The van der Waals surface area contributed by atoms with E-state index in [0.717, 1.165) is 42.4 Å². The van der Waals surface area contributed by atoms with Crippen LogP contribution in [0, 0.1) is 5.92 Å². The highest BCUT2D eigenvalue weighted by Gasteiger charge is 2.40. The van der Waals surface area contributed by atoms with Crippen LogP contribution in [-0.2, 0) is 0 Å². The van der Waals surface area contributed by atoms with Crippen molar-refractivity contribution in [3.05, 3.63) is 31.2 Å². The van der Waals surface area contributed by atoms with Gasteiger partial charge in [0.2, 0.25) is 0 Å². The summed E-state index contributed by atoms with van der Waals surface area (Å²) >= 11 is 0. The average Bonchev–Trinajstić information content (AvgIpc) is 3.28. The van der Waals surface area contributed by atoms with E-state index in [2.05, 4.69) is 39.7 Å². The summed E-state index contributed by atoms with van der Waals surface area (Å²) < 4.78 is 0. The quantitative estimate of drug-likeness (QED) is 0.759. The lowest BCUT2D eigenvalue weighted by Gasteiger charge is -2.39. The molecule has 5 rings (SSSR count). The number of nitrogens with zero attached hydrogens (tertiary/aromatic N) is 7. The van der Waals surface area contributed by atoms with Gasteiger partial charge in [0.05, 0.1) is 18.6 Å². The van der Waals surface area contributed by atoms with Gasteiger partial charge in [-0.25, -0.2) is 19.9 Å². The SMILES string of the molecule is c1cnc(N2CCC3CCN(c4ncnc5nc[nH]c45)C3C2)cn1. The normalized spacial score (nSPS) is 23.7. The zero-order valence-electron chi connectivity index (χ0n) is 13.2. The molecule has 2 unspecified atom stereocenters. The molecule has 8 nitrogen and oxygen atoms in total. The zero-order valence-corrected chi connectivity index (χ0v) is 13.2. The highest BCUT2D eigenvalue weighted by molar-refractivity contribution is 5.83. The maximum atomic E-state index is 4.55. The van der Waals surface area contributed by atoms with Gasteiger partial charge in [0, 0.05) is 32.0 Å². The van der Waals surface area contributed by atoms with Crippen LogP contribution in [0.2, 0.25) is 0 Å². The Morgan fingerprint density at radius 3 is 2.92 bits per heavy atom. The van der Waals surface area contributed by atoms with E-state index in [1.807, 2.05) is 6.20 Å². The van der Waals surface area contributed by atoms with Crippen molar-refractivity contribution >= 4 is 22.8 Å². The minimum absolute atomic E-state index is 0.433. The van der Waals surface area contributed by atoms with Crippen molar-refractivity contribution in [3.63, 3.8) is 0 Å². The predicted octanol–water partition coefficient (Wildman–Crippen LogP) is 1.25. The average molecular weight is 322 g/mol. The summed E-state index contributed by atoms with van der Waals surface area (Å²) in [5, 5.41) is 0. The molecule has 1 N–H and O–H groups in total. The second kappa shape index (κ2) is 5.40. The second-order valence-electron chi connectivity index (χ2n) is 6.41. The Morgan fingerprint density at radius 2 is 2.00 bits per heavy atom. The Labute approximate surface area is 139 Å². The monoisotopic (exact) mass is 322 g/mol. The Hall–Kier alpha value is -2.77. The van der Waals surface area contributed by atoms with Gasteiger partial charge in [-0.2, -0.15) is 0 Å². The summed E-state index contributed by atoms with van der Waals surface area (Å²) in [7, 11) is 0. The molecular weight excluding hydrogens is 304 g/mol. The van der Waals surface area contributed by atoms with Crippen LogP contribution in [0.4, 0.5) is 11.6 Å². The first-order chi connectivity index (χ1) is 11.9. The van der Waals surface area contributed by atoms with Crippen LogP contribution in [0.25, 0.3) is 11.2 Å². The van der Waals surface area contributed by atoms with Crippen molar-refractivity contribution in [2.75, 3.05) is 29.4 Å². The maximum Gasteiger partial charge on any atom is 0.182 e. The van der Waals surface area contributed by atoms with Gasteiger partial charge in [-0.1, -0.05) is 0 Å². The van der Waals surface area contributed by atoms with E-state index >= 15 is 0 Å². The van der Waals surface area contributed by atoms with Crippen molar-refractivity contribution in [3.8, 4) is 0 Å². The predicted molar refractivity (Wildman–Crippen MR) is 89.8 cm³/mol. The lowest BCUT2D eigenvalue weighted by Crippen LogP contribution is -2.49. The van der Waals surface area contributed by atoms with Gasteiger partial charge < -0.3 is 14.8 Å². The Bertz CT molecular complexity index is 847. The minimum atomic E-state index is 0.433. The molecule has 0 radical (unpaired) electrons. The van der Waals surface area contributed by atoms with Crippen LogP contribution < -0.4 is 9.80 Å². The molecule has 2 aliphatic heterocycles. The fraction of sp³-hybridized carbons (Fsp3) is 0.438. The molecule has 0 bridgehead atoms. The molecule has 2 atom stereocenters. The van der Waals surface area contributed by atoms with Gasteiger partial charge in [-0.15, -0.1) is 0 Å². The number of nitrogens with one attached hydrogen (secondary N) is 1. The number of hydrogen-bond acceptors (Lipinski definition) is 7. The number of H-pyrrole nitrogens is 1. The van der Waals surface area contributed by atoms with E-state index in [1.54, 1.807) is 25.0 Å². The van der Waals surface area contributed by atoms with Gasteiger partial charge in [-0.3, -0.25) is 4.98 Å². The molecule has 5 heterocycles. The Kier molecular flexibility index (Phi) is 3.07. The minimum Gasteiger partial charge on any atom is -0.353 e. The van der Waals surface area contributed by atoms with E-state index < -0.39 is 0 Å². The molecule has 0 aliphatic carbocycles. The summed E-state index contributed by atoms with van der Waals surface area (Å²) in [6.07, 6.45) is 11.0. The lowest BCUT2D eigenvalue weighted by molar-refractivity contribution is 0.388. The largest absolute Gasteiger partial charge is 0.353 e. The van der Waals surface area contributed by atoms with Gasteiger partial charge in [0.25, 0.3) is 0 Å². The topological polar surface area (TPSA) is 86.7 Å². The molecule has 2 aliphatic rings. The number of aromatic nitrogens is 6. The smallest absolute Gasteiger partial charge is 0.182 e. The molecule has 0 saturated carbocycles. The fourth-order valence-electron chi connectivity index (χ4n) is 4.04. The first-order valence-electron chi connectivity index (χ1n) is 8.32. The number of aromatic amines is 1. The van der Waals surface area contributed by atoms with Gasteiger partial charge >= 0.3 is 0 Å². The molecule has 122 valence electrons. The first-order valence-corrected chi connectivity index (χ1v) is 8.32. The van der Waals surface area contributed by atoms with E-state index in [-0.39, 0.29) is 0 Å². The van der Waals surface area contributed by atoms with Crippen molar-refractivity contribution in [2.24, 2.45) is 5.92 Å². The molecule has 8 heteroatoms. The Morgan fingerprint density at radius 1 is 1.04 bits per heavy atom. The molecular formula is C16H18N8. The van der Waals surface area contributed by atoms with Crippen LogP contribution in [-0.4, -0.2) is 55.6 Å². The Balaban J connectivity index is 1.47. The van der Waals surface area contributed by atoms with Crippen LogP contribution in [0.3, 0.4) is 0 Å². The lowest BCUT2D eigenvalue weighted by atomic mass is 9.92. The van der Waals surface area contributed by atoms with Crippen LogP contribution in [0.1, 0.15) is 12.8 Å². The summed E-state index contributed by atoms with van der Waals surface area (Å²) in [4.78, 5) is 29.6. The van der Waals surface area contributed by atoms with Crippen molar-refractivity contribution in [1.82, 2.24) is 29.9 Å². The summed E-state index contributed by atoms with van der Waals surface area (Å²) in [6, 6.07) is 0.433. The molecule has 0 amide bonds. The molecule has 3 aromatic heterocycles. The summed E-state index contributed by atoms with van der Waals surface area (Å²) in [6.45, 7) is 3.01. The number of fused-ring (bicyclic) bond motifs is 2.